The molecular weight excluding hydrogens is 100 g/mol. The number of likely N-dealkylation sites (tertiary alicyclic amines) is 1. The fourth-order valence-electron chi connectivity index (χ4n) is 0.967. The lowest BCUT2D eigenvalue weighted by Crippen LogP contribution is -2.30. The molecule has 0 radical (unpaired) electrons. The molecular formula is C6H12N2. The minimum atomic E-state index is 0.802. The van der Waals surface area contributed by atoms with E-state index >= 15 is 0 Å². The van der Waals surface area contributed by atoms with Crippen LogP contribution in [0.4, 0.5) is 0 Å². The molecule has 0 atom stereocenters. The smallest absolute Gasteiger partial charge is 0.0955 e. The Morgan fingerprint density at radius 2 is 2.25 bits per heavy atom. The highest BCUT2D eigenvalue weighted by Crippen LogP contribution is 2.07. The van der Waals surface area contributed by atoms with Gasteiger partial charge in [-0.15, -0.1) is 0 Å². The Labute approximate surface area is 50.0 Å². The van der Waals surface area contributed by atoms with Crippen LogP contribution in [0, 0.1) is 5.41 Å². The van der Waals surface area contributed by atoms with Gasteiger partial charge in [0.25, 0.3) is 0 Å². The predicted octanol–water partition coefficient (Wildman–Crippen LogP) is 1.08. The van der Waals surface area contributed by atoms with Crippen molar-refractivity contribution in [1.82, 2.24) is 4.90 Å². The van der Waals surface area contributed by atoms with Crippen LogP contribution in [0.1, 0.15) is 19.3 Å². The maximum Gasteiger partial charge on any atom is 0.0955 e. The van der Waals surface area contributed by atoms with Crippen LogP contribution < -0.4 is 0 Å². The second-order valence-corrected chi connectivity index (χ2v) is 2.33. The zero-order valence-corrected chi connectivity index (χ0v) is 5.28. The van der Waals surface area contributed by atoms with E-state index in [1.54, 1.807) is 0 Å². The minimum absolute atomic E-state index is 0.802. The zero-order valence-electron chi connectivity index (χ0n) is 5.28. The van der Waals surface area contributed by atoms with Crippen LogP contribution in [0.2, 0.25) is 0 Å². The Kier molecular flexibility index (Phi) is 1.51. The highest BCUT2D eigenvalue weighted by Gasteiger charge is 2.08. The summed E-state index contributed by atoms with van der Waals surface area (Å²) >= 11 is 0. The van der Waals surface area contributed by atoms with E-state index in [2.05, 4.69) is 0 Å². The SMILES string of the molecule is CN1CCCCC1=N. The number of nitrogens with one attached hydrogen (secondary N) is 1. The molecule has 1 aliphatic heterocycles. The van der Waals surface area contributed by atoms with Gasteiger partial charge in [-0.2, -0.15) is 0 Å². The molecule has 46 valence electrons. The number of rotatable bonds is 0. The van der Waals surface area contributed by atoms with Crippen LogP contribution in [0.3, 0.4) is 0 Å². The van der Waals surface area contributed by atoms with Crippen molar-refractivity contribution in [2.45, 2.75) is 19.3 Å². The largest absolute Gasteiger partial charge is 0.364 e. The molecule has 0 aromatic rings. The lowest BCUT2D eigenvalue weighted by atomic mass is 10.1. The molecule has 0 aromatic heterocycles. The Bertz CT molecular complexity index is 98.7. The van der Waals surface area contributed by atoms with Crippen LogP contribution in [0.15, 0.2) is 0 Å². The number of amidine groups is 1. The fourth-order valence-corrected chi connectivity index (χ4v) is 0.967. The highest BCUT2D eigenvalue weighted by atomic mass is 15.1. The van der Waals surface area contributed by atoms with E-state index in [4.69, 9.17) is 5.41 Å². The van der Waals surface area contributed by atoms with Crippen LogP contribution in [-0.2, 0) is 0 Å². The van der Waals surface area contributed by atoms with Crippen LogP contribution >= 0.6 is 0 Å². The Morgan fingerprint density at radius 1 is 1.50 bits per heavy atom. The predicted molar refractivity (Wildman–Crippen MR) is 34.2 cm³/mol. The lowest BCUT2D eigenvalue weighted by Gasteiger charge is -2.24. The van der Waals surface area contributed by atoms with Gasteiger partial charge < -0.3 is 4.90 Å². The molecule has 0 unspecified atom stereocenters. The molecule has 0 bridgehead atoms. The summed E-state index contributed by atoms with van der Waals surface area (Å²) in [5, 5.41) is 7.32. The third kappa shape index (κ3) is 0.997. The van der Waals surface area contributed by atoms with Crippen LogP contribution in [0.5, 0.6) is 0 Å². The second-order valence-electron chi connectivity index (χ2n) is 2.33. The molecule has 1 N–H and O–H groups in total. The third-order valence-corrected chi connectivity index (χ3v) is 1.62. The Balaban J connectivity index is 2.39. The van der Waals surface area contributed by atoms with Gasteiger partial charge in [-0.05, 0) is 12.8 Å². The van der Waals surface area contributed by atoms with Gasteiger partial charge >= 0.3 is 0 Å². The van der Waals surface area contributed by atoms with Crippen LogP contribution in [-0.4, -0.2) is 24.3 Å². The number of hydrogen-bond donors (Lipinski definition) is 1. The van der Waals surface area contributed by atoms with Crippen molar-refractivity contribution >= 4 is 5.84 Å². The highest BCUT2D eigenvalue weighted by molar-refractivity contribution is 5.79. The quantitative estimate of drug-likeness (QED) is 0.498. The summed E-state index contributed by atoms with van der Waals surface area (Å²) in [4.78, 5) is 2.02. The first-order valence-electron chi connectivity index (χ1n) is 3.09. The molecule has 1 saturated heterocycles. The average molecular weight is 112 g/mol. The normalized spacial score (nSPS) is 21.6. The molecule has 1 fully saturated rings. The first-order valence-corrected chi connectivity index (χ1v) is 3.09. The first kappa shape index (κ1) is 5.60. The van der Waals surface area contributed by atoms with Gasteiger partial charge in [0.2, 0.25) is 0 Å². The van der Waals surface area contributed by atoms with Crippen molar-refractivity contribution in [3.63, 3.8) is 0 Å². The first-order chi connectivity index (χ1) is 3.80. The van der Waals surface area contributed by atoms with E-state index < -0.39 is 0 Å². The van der Waals surface area contributed by atoms with Crippen molar-refractivity contribution in [2.75, 3.05) is 13.6 Å². The Hall–Kier alpha value is -0.530. The summed E-state index contributed by atoms with van der Waals surface area (Å²) in [6.07, 6.45) is 3.46. The van der Waals surface area contributed by atoms with Gasteiger partial charge in [-0.3, -0.25) is 5.41 Å². The van der Waals surface area contributed by atoms with Gasteiger partial charge in [0.1, 0.15) is 0 Å². The van der Waals surface area contributed by atoms with Gasteiger partial charge in [0, 0.05) is 20.0 Å². The van der Waals surface area contributed by atoms with Gasteiger partial charge in [-0.25, -0.2) is 0 Å². The molecule has 0 spiro atoms. The molecule has 0 aromatic carbocycles. The van der Waals surface area contributed by atoms with Crippen molar-refractivity contribution in [2.24, 2.45) is 0 Å². The topological polar surface area (TPSA) is 27.1 Å². The summed E-state index contributed by atoms with van der Waals surface area (Å²) in [5.74, 6) is 0.802. The monoisotopic (exact) mass is 112 g/mol. The van der Waals surface area contributed by atoms with Crippen molar-refractivity contribution in [3.05, 3.63) is 0 Å². The average Bonchev–Trinajstić information content (AvgIpc) is 1.77. The third-order valence-electron chi connectivity index (χ3n) is 1.62. The minimum Gasteiger partial charge on any atom is -0.364 e. The molecule has 1 rings (SSSR count). The second kappa shape index (κ2) is 2.16. The lowest BCUT2D eigenvalue weighted by molar-refractivity contribution is 0.431. The number of hydrogen-bond acceptors (Lipinski definition) is 1. The Morgan fingerprint density at radius 3 is 2.62 bits per heavy atom. The molecule has 0 saturated carbocycles. The molecule has 1 heterocycles. The molecule has 0 amide bonds. The van der Waals surface area contributed by atoms with E-state index in [-0.39, 0.29) is 0 Å². The number of piperidine rings is 1. The van der Waals surface area contributed by atoms with Crippen LogP contribution in [0.25, 0.3) is 0 Å². The van der Waals surface area contributed by atoms with Gasteiger partial charge in [-0.1, -0.05) is 0 Å². The summed E-state index contributed by atoms with van der Waals surface area (Å²) in [6.45, 7) is 1.08. The van der Waals surface area contributed by atoms with E-state index in [9.17, 15) is 0 Å². The molecule has 8 heavy (non-hydrogen) atoms. The number of nitrogens with zero attached hydrogens (tertiary/aromatic N) is 1. The molecule has 2 heteroatoms. The van der Waals surface area contributed by atoms with E-state index in [0.717, 1.165) is 18.8 Å². The molecule has 2 nitrogen and oxygen atoms in total. The standard InChI is InChI=1S/C6H12N2/c1-8-5-3-2-4-6(8)7/h7H,2-5H2,1H3. The van der Waals surface area contributed by atoms with Gasteiger partial charge in [0.05, 0.1) is 5.84 Å². The maximum absolute atomic E-state index is 7.32. The fraction of sp³-hybridized carbons (Fsp3) is 0.833. The van der Waals surface area contributed by atoms with Crippen molar-refractivity contribution in [3.8, 4) is 0 Å². The molecule has 1 aliphatic rings. The van der Waals surface area contributed by atoms with E-state index in [0.29, 0.717) is 0 Å². The summed E-state index contributed by atoms with van der Waals surface area (Å²) in [7, 11) is 1.99. The van der Waals surface area contributed by atoms with E-state index in [1.807, 2.05) is 11.9 Å². The van der Waals surface area contributed by atoms with Gasteiger partial charge in [0.15, 0.2) is 0 Å². The maximum atomic E-state index is 7.32. The van der Waals surface area contributed by atoms with Crippen molar-refractivity contribution < 1.29 is 0 Å². The zero-order chi connectivity index (χ0) is 5.98. The van der Waals surface area contributed by atoms with E-state index in [1.165, 1.54) is 12.8 Å². The summed E-state index contributed by atoms with van der Waals surface area (Å²) in [6, 6.07) is 0. The molecule has 0 aliphatic carbocycles. The van der Waals surface area contributed by atoms with Crippen molar-refractivity contribution in [1.29, 1.82) is 5.41 Å². The summed E-state index contributed by atoms with van der Waals surface area (Å²) in [5.41, 5.74) is 0. The summed E-state index contributed by atoms with van der Waals surface area (Å²) < 4.78 is 0.